The number of hydrogen-bond acceptors (Lipinski definition) is 2. The molecule has 0 saturated carbocycles. The Bertz CT molecular complexity index is 382. The molecular formula is C12H15F9O2. The lowest BCUT2D eigenvalue weighted by Crippen LogP contribution is -2.60. The van der Waals surface area contributed by atoms with Crippen LogP contribution in [0.1, 0.15) is 33.6 Å². The minimum Gasteiger partial charge on any atom is -0.465 e. The minimum absolute atomic E-state index is 0.134. The molecule has 0 aromatic heterocycles. The van der Waals surface area contributed by atoms with Crippen LogP contribution in [-0.4, -0.2) is 31.1 Å². The highest BCUT2D eigenvalue weighted by Crippen LogP contribution is 2.61. The van der Waals surface area contributed by atoms with E-state index in [1.807, 2.05) is 0 Å². The molecule has 0 saturated heterocycles. The molecule has 0 aliphatic carbocycles. The SMILES string of the molecule is CCC(C)(C)C(=O)OCCC(C(F)(F)F)(C(F)(F)F)C(F)(F)F. The smallest absolute Gasteiger partial charge is 0.412 e. The Morgan fingerprint density at radius 1 is 0.826 bits per heavy atom. The quantitative estimate of drug-likeness (QED) is 0.507. The van der Waals surface area contributed by atoms with Gasteiger partial charge in [-0.3, -0.25) is 4.79 Å². The zero-order chi connectivity index (χ0) is 18.9. The fraction of sp³-hybridized carbons (Fsp3) is 0.917. The lowest BCUT2D eigenvalue weighted by molar-refractivity contribution is -0.429. The van der Waals surface area contributed by atoms with Crippen LogP contribution in [0.3, 0.4) is 0 Å². The van der Waals surface area contributed by atoms with Crippen molar-refractivity contribution >= 4 is 5.97 Å². The summed E-state index contributed by atoms with van der Waals surface area (Å²) in [5.41, 5.74) is -7.19. The van der Waals surface area contributed by atoms with Crippen molar-refractivity contribution in [3.63, 3.8) is 0 Å². The minimum atomic E-state index is -6.64. The van der Waals surface area contributed by atoms with Crippen LogP contribution >= 0.6 is 0 Å². The van der Waals surface area contributed by atoms with Gasteiger partial charge in [-0.15, -0.1) is 0 Å². The molecule has 0 N–H and O–H groups in total. The van der Waals surface area contributed by atoms with Crippen molar-refractivity contribution in [2.24, 2.45) is 10.8 Å². The summed E-state index contributed by atoms with van der Waals surface area (Å²) in [6.07, 6.45) is -22.3. The maximum absolute atomic E-state index is 12.6. The summed E-state index contributed by atoms with van der Waals surface area (Å²) in [6, 6.07) is 0. The van der Waals surface area contributed by atoms with Gasteiger partial charge in [0.2, 0.25) is 0 Å². The fourth-order valence-corrected chi connectivity index (χ4v) is 1.54. The summed E-state index contributed by atoms with van der Waals surface area (Å²) in [5, 5.41) is 0. The molecule has 0 aromatic carbocycles. The number of esters is 1. The molecular weight excluding hydrogens is 347 g/mol. The van der Waals surface area contributed by atoms with Crippen LogP contribution in [0.5, 0.6) is 0 Å². The van der Waals surface area contributed by atoms with Gasteiger partial charge < -0.3 is 4.74 Å². The van der Waals surface area contributed by atoms with E-state index in [4.69, 9.17) is 0 Å². The Morgan fingerprint density at radius 2 is 1.17 bits per heavy atom. The highest BCUT2D eigenvalue weighted by molar-refractivity contribution is 5.75. The summed E-state index contributed by atoms with van der Waals surface area (Å²) >= 11 is 0. The average molecular weight is 362 g/mol. The van der Waals surface area contributed by atoms with Gasteiger partial charge in [-0.25, -0.2) is 0 Å². The molecule has 0 rings (SSSR count). The predicted octanol–water partition coefficient (Wildman–Crippen LogP) is 5.03. The molecule has 138 valence electrons. The van der Waals surface area contributed by atoms with Crippen molar-refractivity contribution in [1.29, 1.82) is 0 Å². The molecule has 0 bridgehead atoms. The molecule has 0 atom stereocenters. The van der Waals surface area contributed by atoms with Gasteiger partial charge in [0.15, 0.2) is 0 Å². The monoisotopic (exact) mass is 362 g/mol. The van der Waals surface area contributed by atoms with Crippen LogP contribution in [0.2, 0.25) is 0 Å². The second-order valence-electron chi connectivity index (χ2n) is 5.52. The largest absolute Gasteiger partial charge is 0.465 e. The normalized spacial score (nSPS) is 14.8. The Hall–Kier alpha value is -1.16. The number of carbonyl (C=O) groups excluding carboxylic acids is 1. The van der Waals surface area contributed by atoms with Crippen LogP contribution < -0.4 is 0 Å². The molecule has 0 aliphatic heterocycles. The van der Waals surface area contributed by atoms with E-state index in [9.17, 15) is 44.3 Å². The van der Waals surface area contributed by atoms with E-state index in [1.54, 1.807) is 0 Å². The molecule has 0 radical (unpaired) electrons. The van der Waals surface area contributed by atoms with Gasteiger partial charge >= 0.3 is 24.5 Å². The lowest BCUT2D eigenvalue weighted by Gasteiger charge is -2.38. The molecule has 0 aromatic rings. The maximum atomic E-state index is 12.6. The van der Waals surface area contributed by atoms with Gasteiger partial charge in [-0.2, -0.15) is 39.5 Å². The number of halogens is 9. The van der Waals surface area contributed by atoms with Crippen molar-refractivity contribution in [3.05, 3.63) is 0 Å². The number of ether oxygens (including phenoxy) is 1. The van der Waals surface area contributed by atoms with Crippen molar-refractivity contribution in [1.82, 2.24) is 0 Å². The second-order valence-corrected chi connectivity index (χ2v) is 5.52. The van der Waals surface area contributed by atoms with Crippen molar-refractivity contribution in [2.45, 2.75) is 52.1 Å². The van der Waals surface area contributed by atoms with Crippen molar-refractivity contribution < 1.29 is 49.0 Å². The van der Waals surface area contributed by atoms with Crippen LogP contribution in [0.15, 0.2) is 0 Å². The van der Waals surface area contributed by atoms with Crippen LogP contribution in [-0.2, 0) is 9.53 Å². The maximum Gasteiger partial charge on any atom is 0.412 e. The van der Waals surface area contributed by atoms with Crippen LogP contribution in [0, 0.1) is 10.8 Å². The van der Waals surface area contributed by atoms with Crippen molar-refractivity contribution in [2.75, 3.05) is 6.61 Å². The van der Waals surface area contributed by atoms with E-state index >= 15 is 0 Å². The average Bonchev–Trinajstić information content (AvgIpc) is 2.28. The number of hydrogen-bond donors (Lipinski definition) is 0. The molecule has 0 fully saturated rings. The molecule has 0 aliphatic rings. The molecule has 0 amide bonds. The zero-order valence-corrected chi connectivity index (χ0v) is 12.3. The highest BCUT2D eigenvalue weighted by Gasteiger charge is 2.83. The third kappa shape index (κ3) is 4.23. The van der Waals surface area contributed by atoms with Crippen LogP contribution in [0.4, 0.5) is 39.5 Å². The summed E-state index contributed by atoms with van der Waals surface area (Å²) in [7, 11) is 0. The molecule has 23 heavy (non-hydrogen) atoms. The predicted molar refractivity (Wildman–Crippen MR) is 60.2 cm³/mol. The zero-order valence-electron chi connectivity index (χ0n) is 12.3. The third-order valence-corrected chi connectivity index (χ3v) is 3.60. The summed E-state index contributed by atoms with van der Waals surface area (Å²) in [6.45, 7) is 2.41. The Balaban J connectivity index is 5.50. The first-order valence-corrected chi connectivity index (χ1v) is 6.31. The Morgan fingerprint density at radius 3 is 1.43 bits per heavy atom. The Kier molecular flexibility index (Phi) is 6.06. The molecule has 0 heterocycles. The van der Waals surface area contributed by atoms with Gasteiger partial charge in [-0.05, 0) is 20.3 Å². The van der Waals surface area contributed by atoms with Gasteiger partial charge in [0.05, 0.1) is 12.0 Å². The Labute approximate surface area is 126 Å². The van der Waals surface area contributed by atoms with Crippen LogP contribution in [0.25, 0.3) is 0 Å². The van der Waals surface area contributed by atoms with E-state index in [0.29, 0.717) is 0 Å². The number of carbonyl (C=O) groups is 1. The fourth-order valence-electron chi connectivity index (χ4n) is 1.54. The first-order chi connectivity index (χ1) is 9.94. The topological polar surface area (TPSA) is 26.3 Å². The van der Waals surface area contributed by atoms with Gasteiger partial charge in [0.1, 0.15) is 0 Å². The summed E-state index contributed by atoms with van der Waals surface area (Å²) < 4.78 is 118. The molecule has 2 nitrogen and oxygen atoms in total. The van der Waals surface area contributed by atoms with E-state index in [0.717, 1.165) is 0 Å². The van der Waals surface area contributed by atoms with Gasteiger partial charge in [0.25, 0.3) is 5.41 Å². The van der Waals surface area contributed by atoms with Gasteiger partial charge in [-0.1, -0.05) is 6.92 Å². The highest BCUT2D eigenvalue weighted by atomic mass is 19.4. The lowest BCUT2D eigenvalue weighted by atomic mass is 9.82. The standard InChI is InChI=1S/C12H15F9O2/c1-4-8(2,3)7(22)23-6-5-9(10(13,14)15,11(16,17)18)12(19,20)21/h4-6H2,1-3H3. The molecule has 11 heteroatoms. The first-order valence-electron chi connectivity index (χ1n) is 6.31. The summed E-state index contributed by atoms with van der Waals surface area (Å²) in [5.74, 6) is -1.18. The van der Waals surface area contributed by atoms with E-state index in [1.165, 1.54) is 20.8 Å². The number of alkyl halides is 9. The molecule has 0 spiro atoms. The molecule has 0 unspecified atom stereocenters. The second kappa shape index (κ2) is 6.39. The first kappa shape index (κ1) is 21.8. The van der Waals surface area contributed by atoms with E-state index < -0.39 is 48.4 Å². The third-order valence-electron chi connectivity index (χ3n) is 3.60. The number of rotatable bonds is 5. The van der Waals surface area contributed by atoms with Gasteiger partial charge in [0, 0.05) is 6.42 Å². The van der Waals surface area contributed by atoms with E-state index in [2.05, 4.69) is 4.74 Å². The summed E-state index contributed by atoms with van der Waals surface area (Å²) in [4.78, 5) is 11.5. The van der Waals surface area contributed by atoms with E-state index in [-0.39, 0.29) is 6.42 Å². The van der Waals surface area contributed by atoms with Crippen molar-refractivity contribution in [3.8, 4) is 0 Å².